The summed E-state index contributed by atoms with van der Waals surface area (Å²) in [6, 6.07) is 4.97. The Morgan fingerprint density at radius 1 is 1.32 bits per heavy atom. The molecule has 1 atom stereocenters. The minimum Gasteiger partial charge on any atom is -0.352 e. The minimum absolute atomic E-state index is 0. The van der Waals surface area contributed by atoms with Crippen LogP contribution in [0.4, 0.5) is 4.39 Å². The zero-order valence-corrected chi connectivity index (χ0v) is 15.1. The summed E-state index contributed by atoms with van der Waals surface area (Å²) in [6.45, 7) is 3.48. The first-order valence-electron chi connectivity index (χ1n) is 6.78. The molecule has 1 unspecified atom stereocenters. The van der Waals surface area contributed by atoms with E-state index in [1.807, 2.05) is 33.0 Å². The molecule has 0 aliphatic carbocycles. The average molecular weight is 354 g/mol. The van der Waals surface area contributed by atoms with Crippen molar-refractivity contribution in [3.05, 3.63) is 35.1 Å². The zero-order chi connectivity index (χ0) is 15.1. The molecule has 0 bridgehead atoms. The molecule has 2 N–H and O–H groups in total. The standard InChI is InChI=1S/C15H24FN3O.2ClH/c1-11(8-17-2)15(20)18-9-12-5-6-14(16)13(7-12)10-19(3)4;;/h5-7,11,17H,8-10H2,1-4H3,(H,18,20);2*1H. The van der Waals surface area contributed by atoms with Crippen molar-refractivity contribution in [2.45, 2.75) is 20.0 Å². The predicted molar refractivity (Wildman–Crippen MR) is 93.2 cm³/mol. The lowest BCUT2D eigenvalue weighted by Gasteiger charge is -2.14. The van der Waals surface area contributed by atoms with Gasteiger partial charge in [-0.2, -0.15) is 0 Å². The summed E-state index contributed by atoms with van der Waals surface area (Å²) in [5.74, 6) is -0.295. The molecule has 22 heavy (non-hydrogen) atoms. The quantitative estimate of drug-likeness (QED) is 0.789. The topological polar surface area (TPSA) is 44.4 Å². The lowest BCUT2D eigenvalue weighted by Crippen LogP contribution is -2.33. The molecule has 0 saturated carbocycles. The van der Waals surface area contributed by atoms with E-state index in [4.69, 9.17) is 0 Å². The minimum atomic E-state index is -0.211. The highest BCUT2D eigenvalue weighted by atomic mass is 35.5. The van der Waals surface area contributed by atoms with E-state index in [-0.39, 0.29) is 42.5 Å². The van der Waals surface area contributed by atoms with Crippen LogP contribution in [-0.2, 0) is 17.9 Å². The zero-order valence-electron chi connectivity index (χ0n) is 13.5. The van der Waals surface area contributed by atoms with Crippen LogP contribution in [-0.4, -0.2) is 38.5 Å². The maximum atomic E-state index is 13.6. The maximum Gasteiger partial charge on any atom is 0.224 e. The summed E-state index contributed by atoms with van der Waals surface area (Å²) in [5.41, 5.74) is 1.55. The van der Waals surface area contributed by atoms with Crippen LogP contribution in [0.25, 0.3) is 0 Å². The Labute approximate surface area is 144 Å². The van der Waals surface area contributed by atoms with Crippen LogP contribution in [0.1, 0.15) is 18.1 Å². The molecule has 1 rings (SSSR count). The van der Waals surface area contributed by atoms with E-state index < -0.39 is 0 Å². The van der Waals surface area contributed by atoms with Crippen molar-refractivity contribution in [2.24, 2.45) is 5.92 Å². The highest BCUT2D eigenvalue weighted by Crippen LogP contribution is 2.12. The number of carbonyl (C=O) groups excluding carboxylic acids is 1. The molecule has 0 spiro atoms. The first kappa shape index (κ1) is 23.4. The summed E-state index contributed by atoms with van der Waals surface area (Å²) in [7, 11) is 5.61. The number of nitrogens with one attached hydrogen (secondary N) is 2. The van der Waals surface area contributed by atoms with Crippen molar-refractivity contribution in [1.29, 1.82) is 0 Å². The van der Waals surface area contributed by atoms with Gasteiger partial charge < -0.3 is 15.5 Å². The van der Waals surface area contributed by atoms with Gasteiger partial charge >= 0.3 is 0 Å². The van der Waals surface area contributed by atoms with Crippen LogP contribution in [0.5, 0.6) is 0 Å². The normalized spacial score (nSPS) is 11.4. The van der Waals surface area contributed by atoms with E-state index in [2.05, 4.69) is 10.6 Å². The number of carbonyl (C=O) groups is 1. The molecule has 0 radical (unpaired) electrons. The predicted octanol–water partition coefficient (Wildman–Crippen LogP) is 2.20. The Bertz CT molecular complexity index is 458. The Balaban J connectivity index is 0. The largest absolute Gasteiger partial charge is 0.352 e. The van der Waals surface area contributed by atoms with Gasteiger partial charge in [-0.15, -0.1) is 24.8 Å². The molecule has 0 aliphatic rings. The summed E-state index contributed by atoms with van der Waals surface area (Å²) >= 11 is 0. The molecular weight excluding hydrogens is 328 g/mol. The summed E-state index contributed by atoms with van der Waals surface area (Å²) in [6.07, 6.45) is 0. The van der Waals surface area contributed by atoms with Crippen LogP contribution in [0.15, 0.2) is 18.2 Å². The number of hydrogen-bond acceptors (Lipinski definition) is 3. The van der Waals surface area contributed by atoms with Crippen LogP contribution < -0.4 is 10.6 Å². The first-order chi connectivity index (χ1) is 9.43. The van der Waals surface area contributed by atoms with Crippen molar-refractivity contribution in [2.75, 3.05) is 27.7 Å². The molecule has 0 saturated heterocycles. The monoisotopic (exact) mass is 353 g/mol. The van der Waals surface area contributed by atoms with Crippen molar-refractivity contribution in [3.63, 3.8) is 0 Å². The van der Waals surface area contributed by atoms with E-state index in [0.29, 0.717) is 25.2 Å². The fraction of sp³-hybridized carbons (Fsp3) is 0.533. The van der Waals surface area contributed by atoms with Crippen LogP contribution in [0.2, 0.25) is 0 Å². The fourth-order valence-corrected chi connectivity index (χ4v) is 1.96. The van der Waals surface area contributed by atoms with E-state index >= 15 is 0 Å². The molecule has 0 heterocycles. The van der Waals surface area contributed by atoms with Gasteiger partial charge in [-0.1, -0.05) is 13.0 Å². The van der Waals surface area contributed by atoms with Crippen molar-refractivity contribution < 1.29 is 9.18 Å². The molecule has 0 aromatic heterocycles. The second-order valence-corrected chi connectivity index (χ2v) is 5.34. The smallest absolute Gasteiger partial charge is 0.224 e. The van der Waals surface area contributed by atoms with E-state index in [1.165, 1.54) is 6.07 Å². The lowest BCUT2D eigenvalue weighted by molar-refractivity contribution is -0.124. The van der Waals surface area contributed by atoms with E-state index in [0.717, 1.165) is 5.56 Å². The van der Waals surface area contributed by atoms with E-state index in [1.54, 1.807) is 12.1 Å². The summed E-state index contributed by atoms with van der Waals surface area (Å²) < 4.78 is 13.6. The van der Waals surface area contributed by atoms with Gasteiger partial charge in [0, 0.05) is 31.1 Å². The van der Waals surface area contributed by atoms with Gasteiger partial charge in [0.15, 0.2) is 0 Å². The van der Waals surface area contributed by atoms with Crippen LogP contribution in [0.3, 0.4) is 0 Å². The van der Waals surface area contributed by atoms with Gasteiger partial charge in [0.25, 0.3) is 0 Å². The molecular formula is C15H26Cl2FN3O. The van der Waals surface area contributed by atoms with Gasteiger partial charge in [0.2, 0.25) is 5.91 Å². The van der Waals surface area contributed by atoms with Gasteiger partial charge in [0.05, 0.1) is 0 Å². The van der Waals surface area contributed by atoms with Gasteiger partial charge in [0.1, 0.15) is 5.82 Å². The number of nitrogens with zero attached hydrogens (tertiary/aromatic N) is 1. The maximum absolute atomic E-state index is 13.6. The van der Waals surface area contributed by atoms with Gasteiger partial charge in [-0.05, 0) is 38.8 Å². The van der Waals surface area contributed by atoms with Gasteiger partial charge in [-0.3, -0.25) is 4.79 Å². The molecule has 4 nitrogen and oxygen atoms in total. The second kappa shape index (κ2) is 11.7. The number of halogens is 3. The lowest BCUT2D eigenvalue weighted by atomic mass is 10.1. The molecule has 7 heteroatoms. The Morgan fingerprint density at radius 2 is 1.95 bits per heavy atom. The summed E-state index contributed by atoms with van der Waals surface area (Å²) in [5, 5.41) is 5.84. The Morgan fingerprint density at radius 3 is 2.50 bits per heavy atom. The van der Waals surface area contributed by atoms with Crippen molar-refractivity contribution in [1.82, 2.24) is 15.5 Å². The van der Waals surface area contributed by atoms with Crippen molar-refractivity contribution >= 4 is 30.7 Å². The molecule has 1 aromatic carbocycles. The third kappa shape index (κ3) is 7.94. The third-order valence-electron chi connectivity index (χ3n) is 3.02. The van der Waals surface area contributed by atoms with Gasteiger partial charge in [-0.25, -0.2) is 4.39 Å². The number of amides is 1. The van der Waals surface area contributed by atoms with Crippen LogP contribution >= 0.6 is 24.8 Å². The molecule has 0 aliphatic heterocycles. The highest BCUT2D eigenvalue weighted by molar-refractivity contribution is 5.85. The summed E-state index contributed by atoms with van der Waals surface area (Å²) in [4.78, 5) is 13.7. The SMILES string of the molecule is CNCC(C)C(=O)NCc1ccc(F)c(CN(C)C)c1.Cl.Cl. The highest BCUT2D eigenvalue weighted by Gasteiger charge is 2.11. The molecule has 1 amide bonds. The molecule has 1 aromatic rings. The van der Waals surface area contributed by atoms with E-state index in [9.17, 15) is 9.18 Å². The number of rotatable bonds is 7. The Kier molecular flexibility index (Phi) is 12.4. The number of hydrogen-bond donors (Lipinski definition) is 2. The third-order valence-corrected chi connectivity index (χ3v) is 3.02. The molecule has 128 valence electrons. The first-order valence-corrected chi connectivity index (χ1v) is 6.78. The molecule has 0 fully saturated rings. The number of benzene rings is 1. The Hall–Kier alpha value is -0.880. The average Bonchev–Trinajstić information content (AvgIpc) is 2.39. The van der Waals surface area contributed by atoms with Crippen molar-refractivity contribution in [3.8, 4) is 0 Å². The second-order valence-electron chi connectivity index (χ2n) is 5.34. The van der Waals surface area contributed by atoms with Crippen LogP contribution in [0, 0.1) is 11.7 Å². The fourth-order valence-electron chi connectivity index (χ4n) is 1.96.